The highest BCUT2D eigenvalue weighted by atomic mass is 19.1. The number of hydrogen-bond acceptors (Lipinski definition) is 5. The van der Waals surface area contributed by atoms with E-state index in [2.05, 4.69) is 15.6 Å². The number of nitrogens with zero attached hydrogens (tertiary/aromatic N) is 1. The maximum absolute atomic E-state index is 13.8. The van der Waals surface area contributed by atoms with E-state index in [1.165, 1.54) is 12.3 Å². The number of rotatable bonds is 5. The first-order valence-corrected chi connectivity index (χ1v) is 9.10. The minimum atomic E-state index is -0.557. The van der Waals surface area contributed by atoms with Crippen molar-refractivity contribution in [1.29, 1.82) is 0 Å². The van der Waals surface area contributed by atoms with Crippen LogP contribution in [-0.4, -0.2) is 22.9 Å². The van der Waals surface area contributed by atoms with Gasteiger partial charge in [0.2, 0.25) is 5.91 Å². The van der Waals surface area contributed by atoms with Crippen LogP contribution in [0, 0.1) is 5.82 Å². The van der Waals surface area contributed by atoms with Crippen LogP contribution in [0.2, 0.25) is 0 Å². The van der Waals surface area contributed by atoms with Gasteiger partial charge >= 0.3 is 0 Å². The van der Waals surface area contributed by atoms with Gasteiger partial charge in [0.25, 0.3) is 5.91 Å². The molecule has 2 aromatic carbocycles. The van der Waals surface area contributed by atoms with E-state index in [4.69, 9.17) is 9.15 Å². The highest BCUT2D eigenvalue weighted by molar-refractivity contribution is 5.99. The first-order chi connectivity index (χ1) is 14.0. The van der Waals surface area contributed by atoms with Crippen molar-refractivity contribution in [3.8, 4) is 17.1 Å². The van der Waals surface area contributed by atoms with Crippen LogP contribution >= 0.6 is 0 Å². The number of carbonyl (C=O) groups excluding carboxylic acids is 2. The lowest BCUT2D eigenvalue weighted by Crippen LogP contribution is -2.34. The molecule has 2 heterocycles. The Kier molecular flexibility index (Phi) is 4.99. The standard InChI is InChI=1S/C21H18FN3O4/c1-12-21(27)25-16-10-13(6-7-17(16)28-12)24-19(26)8-9-20-23-11-18(29-20)14-4-2-3-5-15(14)22/h2-7,10-12H,8-9H2,1H3,(H,24,26)(H,25,27). The van der Waals surface area contributed by atoms with Gasteiger partial charge < -0.3 is 19.8 Å². The Bertz CT molecular complexity index is 1080. The fourth-order valence-electron chi connectivity index (χ4n) is 2.94. The molecule has 0 aliphatic carbocycles. The number of anilines is 2. The number of aromatic nitrogens is 1. The highest BCUT2D eigenvalue weighted by Gasteiger charge is 2.23. The van der Waals surface area contributed by atoms with Crippen LogP contribution in [0.5, 0.6) is 5.75 Å². The fourth-order valence-corrected chi connectivity index (χ4v) is 2.94. The summed E-state index contributed by atoms with van der Waals surface area (Å²) in [5.41, 5.74) is 1.36. The van der Waals surface area contributed by atoms with Crippen LogP contribution in [0.25, 0.3) is 11.3 Å². The van der Waals surface area contributed by atoms with Crippen molar-refractivity contribution in [2.45, 2.75) is 25.9 Å². The van der Waals surface area contributed by atoms with Crippen molar-refractivity contribution in [1.82, 2.24) is 4.98 Å². The molecular weight excluding hydrogens is 377 g/mol. The van der Waals surface area contributed by atoms with E-state index in [0.29, 0.717) is 34.3 Å². The fraction of sp³-hybridized carbons (Fsp3) is 0.190. The number of ether oxygens (including phenoxy) is 1. The second-order valence-corrected chi connectivity index (χ2v) is 6.61. The quantitative estimate of drug-likeness (QED) is 0.686. The van der Waals surface area contributed by atoms with Gasteiger partial charge in [0.15, 0.2) is 17.8 Å². The second kappa shape index (κ2) is 7.75. The van der Waals surface area contributed by atoms with E-state index in [9.17, 15) is 14.0 Å². The van der Waals surface area contributed by atoms with Gasteiger partial charge in [-0.3, -0.25) is 9.59 Å². The molecule has 0 fully saturated rings. The predicted molar refractivity (Wildman–Crippen MR) is 104 cm³/mol. The summed E-state index contributed by atoms with van der Waals surface area (Å²) in [6.07, 6.45) is 1.29. The Balaban J connectivity index is 1.36. The van der Waals surface area contributed by atoms with Gasteiger partial charge in [-0.05, 0) is 37.3 Å². The molecule has 1 unspecified atom stereocenters. The lowest BCUT2D eigenvalue weighted by atomic mass is 10.2. The van der Waals surface area contributed by atoms with Gasteiger partial charge in [-0.25, -0.2) is 9.37 Å². The zero-order chi connectivity index (χ0) is 20.4. The molecule has 0 saturated heterocycles. The molecule has 148 valence electrons. The normalized spacial score (nSPS) is 15.2. The van der Waals surface area contributed by atoms with Crippen LogP contribution in [-0.2, 0) is 16.0 Å². The largest absolute Gasteiger partial charge is 0.479 e. The molecule has 4 rings (SSSR count). The molecule has 7 nitrogen and oxygen atoms in total. The average Bonchev–Trinajstić information content (AvgIpc) is 3.17. The number of oxazole rings is 1. The average molecular weight is 395 g/mol. The number of hydrogen-bond donors (Lipinski definition) is 2. The minimum absolute atomic E-state index is 0.133. The van der Waals surface area contributed by atoms with Crippen LogP contribution in [0.4, 0.5) is 15.8 Å². The van der Waals surface area contributed by atoms with Crippen LogP contribution in [0.3, 0.4) is 0 Å². The second-order valence-electron chi connectivity index (χ2n) is 6.61. The molecule has 0 bridgehead atoms. The molecule has 8 heteroatoms. The Morgan fingerprint density at radius 3 is 2.93 bits per heavy atom. The third-order valence-corrected chi connectivity index (χ3v) is 4.45. The van der Waals surface area contributed by atoms with Gasteiger partial charge in [0.1, 0.15) is 11.6 Å². The molecule has 3 aromatic rings. The number of halogens is 1. The molecule has 2 N–H and O–H groups in total. The van der Waals surface area contributed by atoms with Crippen molar-refractivity contribution in [2.24, 2.45) is 0 Å². The molecule has 1 aliphatic heterocycles. The smallest absolute Gasteiger partial charge is 0.265 e. The maximum atomic E-state index is 13.8. The van der Waals surface area contributed by atoms with Gasteiger partial charge in [0.05, 0.1) is 17.4 Å². The van der Waals surface area contributed by atoms with Crippen LogP contribution in [0.15, 0.2) is 53.1 Å². The monoisotopic (exact) mass is 395 g/mol. The van der Waals surface area contributed by atoms with Gasteiger partial charge in [-0.15, -0.1) is 0 Å². The Hall–Kier alpha value is -3.68. The van der Waals surface area contributed by atoms with E-state index in [-0.39, 0.29) is 24.7 Å². The number of nitrogens with one attached hydrogen (secondary N) is 2. The van der Waals surface area contributed by atoms with E-state index in [1.807, 2.05) is 0 Å². The molecule has 2 amide bonds. The van der Waals surface area contributed by atoms with Crippen LogP contribution < -0.4 is 15.4 Å². The Morgan fingerprint density at radius 1 is 1.28 bits per heavy atom. The zero-order valence-electron chi connectivity index (χ0n) is 15.6. The van der Waals surface area contributed by atoms with Gasteiger partial charge in [-0.1, -0.05) is 12.1 Å². The number of benzene rings is 2. The molecule has 1 aromatic heterocycles. The lowest BCUT2D eigenvalue weighted by molar-refractivity contribution is -0.122. The van der Waals surface area contributed by atoms with Crippen molar-refractivity contribution >= 4 is 23.2 Å². The molecule has 0 saturated carbocycles. The third-order valence-electron chi connectivity index (χ3n) is 4.45. The molecule has 29 heavy (non-hydrogen) atoms. The predicted octanol–water partition coefficient (Wildman–Crippen LogP) is 3.77. The third kappa shape index (κ3) is 4.11. The minimum Gasteiger partial charge on any atom is -0.479 e. The Morgan fingerprint density at radius 2 is 2.10 bits per heavy atom. The summed E-state index contributed by atoms with van der Waals surface area (Å²) < 4.78 is 24.9. The lowest BCUT2D eigenvalue weighted by Gasteiger charge is -2.23. The topological polar surface area (TPSA) is 93.5 Å². The van der Waals surface area contributed by atoms with E-state index in [0.717, 1.165) is 0 Å². The SMILES string of the molecule is CC1Oc2ccc(NC(=O)CCc3ncc(-c4ccccc4F)o3)cc2NC1=O. The summed E-state index contributed by atoms with van der Waals surface area (Å²) in [6.45, 7) is 1.66. The molecule has 1 aliphatic rings. The van der Waals surface area contributed by atoms with Crippen molar-refractivity contribution in [3.05, 3.63) is 60.4 Å². The summed E-state index contributed by atoms with van der Waals surface area (Å²) in [7, 11) is 0. The molecule has 0 spiro atoms. The maximum Gasteiger partial charge on any atom is 0.265 e. The molecular formula is C21H18FN3O4. The summed E-state index contributed by atoms with van der Waals surface area (Å²) in [6, 6.07) is 11.3. The molecule has 1 atom stereocenters. The summed E-state index contributed by atoms with van der Waals surface area (Å²) in [4.78, 5) is 28.1. The first kappa shape index (κ1) is 18.7. The summed E-state index contributed by atoms with van der Waals surface area (Å²) >= 11 is 0. The first-order valence-electron chi connectivity index (χ1n) is 9.10. The summed E-state index contributed by atoms with van der Waals surface area (Å²) in [5.74, 6) is 0.334. The Labute approximate surface area is 165 Å². The van der Waals surface area contributed by atoms with E-state index in [1.54, 1.807) is 43.3 Å². The number of amides is 2. The summed E-state index contributed by atoms with van der Waals surface area (Å²) in [5, 5.41) is 5.49. The van der Waals surface area contributed by atoms with Crippen molar-refractivity contribution in [3.63, 3.8) is 0 Å². The number of carbonyl (C=O) groups is 2. The number of aryl methyl sites for hydroxylation is 1. The zero-order valence-corrected chi connectivity index (χ0v) is 15.6. The van der Waals surface area contributed by atoms with Crippen molar-refractivity contribution in [2.75, 3.05) is 10.6 Å². The van der Waals surface area contributed by atoms with E-state index < -0.39 is 11.9 Å². The number of fused-ring (bicyclic) bond motifs is 1. The van der Waals surface area contributed by atoms with E-state index >= 15 is 0 Å². The van der Waals surface area contributed by atoms with Crippen LogP contribution in [0.1, 0.15) is 19.2 Å². The van der Waals surface area contributed by atoms with Crippen molar-refractivity contribution < 1.29 is 23.1 Å². The van der Waals surface area contributed by atoms with Gasteiger partial charge in [0, 0.05) is 18.5 Å². The molecule has 0 radical (unpaired) electrons. The highest BCUT2D eigenvalue weighted by Crippen LogP contribution is 2.32. The van der Waals surface area contributed by atoms with Gasteiger partial charge in [-0.2, -0.15) is 0 Å².